The van der Waals surface area contributed by atoms with Crippen molar-refractivity contribution in [2.45, 2.75) is 18.5 Å². The quantitative estimate of drug-likeness (QED) is 0.678. The molecule has 150 valence electrons. The first-order chi connectivity index (χ1) is 13.3. The summed E-state index contributed by atoms with van der Waals surface area (Å²) in [5, 5.41) is 4.25. The van der Waals surface area contributed by atoms with E-state index >= 15 is 0 Å². The number of nitrogens with zero attached hydrogens (tertiary/aromatic N) is 1. The predicted molar refractivity (Wildman–Crippen MR) is 100 cm³/mol. The maximum Gasteiger partial charge on any atom is 0.268 e. The summed E-state index contributed by atoms with van der Waals surface area (Å²) >= 11 is 5.80. The van der Waals surface area contributed by atoms with Crippen LogP contribution in [0.5, 0.6) is 0 Å². The van der Waals surface area contributed by atoms with Crippen molar-refractivity contribution in [1.82, 2.24) is 15.8 Å². The smallest absolute Gasteiger partial charge is 0.268 e. The first-order valence-electron chi connectivity index (χ1n) is 9.14. The summed E-state index contributed by atoms with van der Waals surface area (Å²) in [6.45, 7) is 2.94. The van der Waals surface area contributed by atoms with Crippen molar-refractivity contribution < 1.29 is 18.7 Å². The molecule has 2 aliphatic heterocycles. The van der Waals surface area contributed by atoms with Crippen molar-refractivity contribution in [2.75, 3.05) is 20.3 Å². The molecule has 1 aromatic rings. The number of hydrogen-bond acceptors (Lipinski definition) is 5. The van der Waals surface area contributed by atoms with Crippen molar-refractivity contribution in [3.05, 3.63) is 46.4 Å². The Balaban J connectivity index is 1.76. The van der Waals surface area contributed by atoms with Crippen LogP contribution >= 0.6 is 11.6 Å². The Morgan fingerprint density at radius 3 is 2.68 bits per heavy atom. The van der Waals surface area contributed by atoms with E-state index in [2.05, 4.69) is 10.7 Å². The van der Waals surface area contributed by atoms with E-state index in [4.69, 9.17) is 22.1 Å². The van der Waals surface area contributed by atoms with Crippen LogP contribution in [0, 0.1) is 23.6 Å². The molecule has 2 unspecified atom stereocenters. The van der Waals surface area contributed by atoms with E-state index in [1.807, 2.05) is 6.92 Å². The highest BCUT2D eigenvalue weighted by molar-refractivity contribution is 6.30. The van der Waals surface area contributed by atoms with Crippen LogP contribution in [0.3, 0.4) is 0 Å². The van der Waals surface area contributed by atoms with Crippen LogP contribution in [-0.4, -0.2) is 42.6 Å². The fourth-order valence-electron chi connectivity index (χ4n) is 4.64. The second-order valence-corrected chi connectivity index (χ2v) is 7.96. The fraction of sp³-hybridized carbons (Fsp3) is 0.474. The molecule has 3 aliphatic rings. The molecule has 1 aliphatic carbocycles. The maximum absolute atomic E-state index is 14.0. The van der Waals surface area contributed by atoms with Gasteiger partial charge >= 0.3 is 0 Å². The number of carbonyl (C=O) groups is 2. The van der Waals surface area contributed by atoms with Crippen LogP contribution < -0.4 is 16.5 Å². The number of carbonyl (C=O) groups excluding carboxylic acids is 2. The number of nitrogens with one attached hydrogen (secondary N) is 2. The lowest BCUT2D eigenvalue weighted by Gasteiger charge is -2.40. The Kier molecular flexibility index (Phi) is 4.60. The van der Waals surface area contributed by atoms with Gasteiger partial charge in [0.25, 0.3) is 5.91 Å². The third kappa shape index (κ3) is 2.70. The van der Waals surface area contributed by atoms with Gasteiger partial charge in [0.1, 0.15) is 17.1 Å². The molecule has 0 radical (unpaired) electrons. The minimum Gasteiger partial charge on any atom is -0.381 e. The van der Waals surface area contributed by atoms with Crippen molar-refractivity contribution in [3.8, 4) is 0 Å². The first-order valence-corrected chi connectivity index (χ1v) is 9.52. The largest absolute Gasteiger partial charge is 0.381 e. The van der Waals surface area contributed by atoms with Crippen LogP contribution in [-0.2, 0) is 14.3 Å². The monoisotopic (exact) mass is 408 g/mol. The molecular weight excluding hydrogens is 387 g/mol. The number of hydrazine groups is 1. The van der Waals surface area contributed by atoms with Gasteiger partial charge in [-0.1, -0.05) is 17.7 Å². The second kappa shape index (κ2) is 6.72. The Hall–Kier alpha value is -2.16. The number of amides is 2. The summed E-state index contributed by atoms with van der Waals surface area (Å²) in [6.07, 6.45) is 1.61. The average molecular weight is 409 g/mol. The molecule has 4 rings (SSSR count). The normalized spacial score (nSPS) is 32.3. The Labute approximate surface area is 167 Å². The van der Waals surface area contributed by atoms with E-state index < -0.39 is 23.3 Å². The van der Waals surface area contributed by atoms with Crippen molar-refractivity contribution >= 4 is 23.4 Å². The molecular formula is C19H22ClFN4O3. The van der Waals surface area contributed by atoms with E-state index in [-0.39, 0.29) is 34.4 Å². The van der Waals surface area contributed by atoms with Crippen LogP contribution in [0.1, 0.15) is 18.5 Å². The van der Waals surface area contributed by atoms with E-state index in [1.165, 1.54) is 19.2 Å². The van der Waals surface area contributed by atoms with Gasteiger partial charge < -0.3 is 21.2 Å². The lowest BCUT2D eigenvalue weighted by Crippen LogP contribution is -2.60. The molecule has 2 fully saturated rings. The van der Waals surface area contributed by atoms with Crippen LogP contribution in [0.2, 0.25) is 5.02 Å². The summed E-state index contributed by atoms with van der Waals surface area (Å²) in [5.74, 6) is -1.14. The van der Waals surface area contributed by atoms with Crippen molar-refractivity contribution in [1.29, 1.82) is 0 Å². The molecule has 9 heteroatoms. The van der Waals surface area contributed by atoms with E-state index in [0.29, 0.717) is 18.8 Å². The zero-order chi connectivity index (χ0) is 20.2. The predicted octanol–water partition coefficient (Wildman–Crippen LogP) is 1.11. The topological polar surface area (TPSA) is 96.7 Å². The lowest BCUT2D eigenvalue weighted by molar-refractivity contribution is -0.132. The Bertz CT molecular complexity index is 869. The standard InChI is InChI=1S/C19H22ClFN4O3/c1-9(10-3-4-13(20)14(21)5-10)25-19(18(22)27,6-15(24-25)17(26)23-2)16-11-7-28-8-12(11)16/h3-6,9,11-12,16,24H,7-8H2,1-2H3,(H2,22,27)(H,23,26)/t9-,11-,12+,16?,19?/m0/s1. The summed E-state index contributed by atoms with van der Waals surface area (Å²) in [4.78, 5) is 25.1. The van der Waals surface area contributed by atoms with E-state index in [9.17, 15) is 14.0 Å². The minimum atomic E-state index is -1.21. The number of fused-ring (bicyclic) bond motifs is 1. The number of rotatable bonds is 5. The summed E-state index contributed by atoms with van der Waals surface area (Å²) in [5.41, 5.74) is 8.59. The summed E-state index contributed by atoms with van der Waals surface area (Å²) < 4.78 is 19.5. The zero-order valence-electron chi connectivity index (χ0n) is 15.5. The molecule has 1 saturated carbocycles. The molecule has 4 N–H and O–H groups in total. The first kappa shape index (κ1) is 19.2. The zero-order valence-corrected chi connectivity index (χ0v) is 16.3. The van der Waals surface area contributed by atoms with Gasteiger partial charge in [0.05, 0.1) is 24.3 Å². The molecule has 7 nitrogen and oxygen atoms in total. The second-order valence-electron chi connectivity index (χ2n) is 7.55. The Morgan fingerprint density at radius 2 is 2.11 bits per heavy atom. The van der Waals surface area contributed by atoms with Gasteiger partial charge in [-0.05, 0) is 42.5 Å². The highest BCUT2D eigenvalue weighted by Crippen LogP contribution is 2.60. The third-order valence-electron chi connectivity index (χ3n) is 6.14. The molecule has 0 bridgehead atoms. The fourth-order valence-corrected chi connectivity index (χ4v) is 4.75. The highest BCUT2D eigenvalue weighted by Gasteiger charge is 2.69. The van der Waals surface area contributed by atoms with Gasteiger partial charge in [-0.25, -0.2) is 4.39 Å². The van der Waals surface area contributed by atoms with Gasteiger partial charge in [-0.15, -0.1) is 0 Å². The van der Waals surface area contributed by atoms with Gasteiger partial charge in [-0.3, -0.25) is 9.59 Å². The van der Waals surface area contributed by atoms with E-state index in [0.717, 1.165) is 0 Å². The number of benzene rings is 1. The van der Waals surface area contributed by atoms with Crippen molar-refractivity contribution in [2.24, 2.45) is 23.5 Å². The minimum absolute atomic E-state index is 0.0181. The van der Waals surface area contributed by atoms with Crippen LogP contribution in [0.15, 0.2) is 30.0 Å². The molecule has 0 aromatic heterocycles. The maximum atomic E-state index is 14.0. The highest BCUT2D eigenvalue weighted by atomic mass is 35.5. The van der Waals surface area contributed by atoms with E-state index in [1.54, 1.807) is 17.2 Å². The number of halogens is 2. The molecule has 1 aromatic carbocycles. The summed E-state index contributed by atoms with van der Waals surface area (Å²) in [7, 11) is 1.51. The molecule has 0 spiro atoms. The molecule has 5 atom stereocenters. The van der Waals surface area contributed by atoms with Gasteiger partial charge in [0.2, 0.25) is 5.91 Å². The van der Waals surface area contributed by atoms with Crippen molar-refractivity contribution in [3.63, 3.8) is 0 Å². The SMILES string of the molecule is CNC(=O)C1=CC(C(N)=O)(C2[C@H]3COC[C@@H]23)N([C@@H](C)c2ccc(Cl)c(F)c2)N1. The number of ether oxygens (including phenoxy) is 1. The Morgan fingerprint density at radius 1 is 1.43 bits per heavy atom. The van der Waals surface area contributed by atoms with Gasteiger partial charge in [0.15, 0.2) is 0 Å². The molecule has 1 saturated heterocycles. The average Bonchev–Trinajstić information content (AvgIpc) is 3.03. The third-order valence-corrected chi connectivity index (χ3v) is 6.45. The van der Waals surface area contributed by atoms with Gasteiger partial charge in [0, 0.05) is 13.0 Å². The molecule has 28 heavy (non-hydrogen) atoms. The lowest BCUT2D eigenvalue weighted by atomic mass is 9.87. The van der Waals surface area contributed by atoms with Crippen LogP contribution in [0.4, 0.5) is 4.39 Å². The number of nitrogens with two attached hydrogens (primary N) is 1. The summed E-state index contributed by atoms with van der Waals surface area (Å²) in [6, 6.07) is 4.03. The molecule has 2 heterocycles. The molecule has 2 amide bonds. The van der Waals surface area contributed by atoms with Crippen LogP contribution in [0.25, 0.3) is 0 Å². The number of likely N-dealkylation sites (N-methyl/N-ethyl adjacent to an activating group) is 1. The number of hydrogen-bond donors (Lipinski definition) is 3. The number of primary amides is 1. The van der Waals surface area contributed by atoms with Gasteiger partial charge in [-0.2, -0.15) is 5.01 Å².